The van der Waals surface area contributed by atoms with E-state index in [4.69, 9.17) is 4.98 Å². The first-order valence-corrected chi connectivity index (χ1v) is 6.98. The van der Waals surface area contributed by atoms with Crippen LogP contribution in [0.3, 0.4) is 0 Å². The third-order valence-corrected chi connectivity index (χ3v) is 3.85. The van der Waals surface area contributed by atoms with Crippen molar-refractivity contribution in [3.05, 3.63) is 27.9 Å². The topological polar surface area (TPSA) is 45.8 Å². The average molecular weight is 248 g/mol. The minimum Gasteiger partial charge on any atom is -0.310 e. The number of hydrogen-bond acceptors (Lipinski definition) is 2. The van der Waals surface area contributed by atoms with Crippen molar-refractivity contribution in [3.8, 4) is 0 Å². The fourth-order valence-electron chi connectivity index (χ4n) is 2.74. The number of nitrogens with one attached hydrogen (secondary N) is 1. The van der Waals surface area contributed by atoms with Crippen LogP contribution in [0.1, 0.15) is 70.8 Å². The van der Waals surface area contributed by atoms with Gasteiger partial charge in [-0.25, -0.2) is 4.98 Å². The predicted octanol–water partition coefficient (Wildman–Crippen LogP) is 3.36. The van der Waals surface area contributed by atoms with Crippen LogP contribution in [0, 0.1) is 5.92 Å². The number of rotatable bonds is 1. The summed E-state index contributed by atoms with van der Waals surface area (Å²) in [5.41, 5.74) is 0.825. The summed E-state index contributed by atoms with van der Waals surface area (Å²) in [6.07, 6.45) is 4.85. The van der Waals surface area contributed by atoms with Gasteiger partial charge in [-0.3, -0.25) is 4.79 Å². The highest BCUT2D eigenvalue weighted by molar-refractivity contribution is 5.14. The zero-order chi connectivity index (χ0) is 13.3. The molecule has 0 radical (unpaired) electrons. The average Bonchev–Trinajstić information content (AvgIpc) is 2.27. The molecule has 1 saturated carbocycles. The van der Waals surface area contributed by atoms with Crippen LogP contribution in [0.4, 0.5) is 0 Å². The fourth-order valence-corrected chi connectivity index (χ4v) is 2.74. The molecule has 2 rings (SSSR count). The molecular weight excluding hydrogens is 224 g/mol. The number of hydrogen-bond donors (Lipinski definition) is 1. The molecule has 100 valence electrons. The molecule has 0 amide bonds. The molecule has 0 aliphatic heterocycles. The second-order valence-electron chi connectivity index (χ2n) is 6.73. The van der Waals surface area contributed by atoms with Crippen molar-refractivity contribution in [1.29, 1.82) is 0 Å². The summed E-state index contributed by atoms with van der Waals surface area (Å²) in [5, 5.41) is 0. The van der Waals surface area contributed by atoms with Gasteiger partial charge < -0.3 is 4.98 Å². The molecule has 3 nitrogen and oxygen atoms in total. The van der Waals surface area contributed by atoms with Gasteiger partial charge in [-0.1, -0.05) is 40.5 Å². The Balaban J connectivity index is 2.33. The zero-order valence-corrected chi connectivity index (χ0v) is 11.9. The molecule has 1 aromatic rings. The van der Waals surface area contributed by atoms with Crippen LogP contribution in [0.15, 0.2) is 10.9 Å². The molecular formula is C15H24N2O. The molecule has 3 heteroatoms. The van der Waals surface area contributed by atoms with E-state index < -0.39 is 0 Å². The molecule has 1 N–H and O–H groups in total. The lowest BCUT2D eigenvalue weighted by Gasteiger charge is -2.27. The monoisotopic (exact) mass is 248 g/mol. The fraction of sp³-hybridized carbons (Fsp3) is 0.733. The van der Waals surface area contributed by atoms with Crippen molar-refractivity contribution in [2.45, 2.75) is 64.7 Å². The molecule has 1 heterocycles. The summed E-state index contributed by atoms with van der Waals surface area (Å²) in [6.45, 7) is 8.59. The van der Waals surface area contributed by atoms with Crippen LogP contribution < -0.4 is 5.56 Å². The summed E-state index contributed by atoms with van der Waals surface area (Å²) >= 11 is 0. The first-order valence-electron chi connectivity index (χ1n) is 6.98. The van der Waals surface area contributed by atoms with Crippen LogP contribution in [-0.4, -0.2) is 9.97 Å². The Hall–Kier alpha value is -1.12. The lowest BCUT2D eigenvalue weighted by atomic mass is 9.82. The molecule has 2 atom stereocenters. The molecule has 0 saturated heterocycles. The van der Waals surface area contributed by atoms with Gasteiger partial charge >= 0.3 is 0 Å². The van der Waals surface area contributed by atoms with Crippen LogP contribution in [0.5, 0.6) is 0 Å². The van der Waals surface area contributed by atoms with Crippen molar-refractivity contribution in [1.82, 2.24) is 9.97 Å². The van der Waals surface area contributed by atoms with E-state index in [9.17, 15) is 4.79 Å². The van der Waals surface area contributed by atoms with Crippen molar-refractivity contribution in [2.75, 3.05) is 0 Å². The lowest BCUT2D eigenvalue weighted by Crippen LogP contribution is -2.24. The first kappa shape index (κ1) is 13.3. The van der Waals surface area contributed by atoms with Gasteiger partial charge in [0, 0.05) is 17.4 Å². The molecule has 0 spiro atoms. The van der Waals surface area contributed by atoms with Crippen LogP contribution in [0.25, 0.3) is 0 Å². The normalized spacial score (nSPS) is 25.1. The van der Waals surface area contributed by atoms with E-state index >= 15 is 0 Å². The molecule has 1 aromatic heterocycles. The number of aromatic nitrogens is 2. The molecule has 2 unspecified atom stereocenters. The van der Waals surface area contributed by atoms with Crippen molar-refractivity contribution in [3.63, 3.8) is 0 Å². The van der Waals surface area contributed by atoms with Gasteiger partial charge in [0.05, 0.1) is 5.69 Å². The van der Waals surface area contributed by atoms with Crippen molar-refractivity contribution in [2.24, 2.45) is 5.92 Å². The van der Waals surface area contributed by atoms with Gasteiger partial charge in [0.25, 0.3) is 5.56 Å². The van der Waals surface area contributed by atoms with Crippen LogP contribution in [0.2, 0.25) is 0 Å². The second kappa shape index (κ2) is 4.87. The number of nitrogens with zero attached hydrogens (tertiary/aromatic N) is 1. The van der Waals surface area contributed by atoms with E-state index in [1.807, 2.05) is 0 Å². The zero-order valence-electron chi connectivity index (χ0n) is 11.9. The standard InChI is InChI=1S/C15H24N2O/c1-10-6-5-7-11(8-10)14-16-12(15(2,3)4)9-13(18)17-14/h9-11H,5-8H2,1-4H3,(H,16,17,18). The molecule has 18 heavy (non-hydrogen) atoms. The third kappa shape index (κ3) is 3.01. The number of H-pyrrole nitrogens is 1. The maximum atomic E-state index is 11.8. The summed E-state index contributed by atoms with van der Waals surface area (Å²) in [7, 11) is 0. The molecule has 1 aliphatic rings. The molecule has 1 fully saturated rings. The Kier molecular flexibility index (Phi) is 3.60. The highest BCUT2D eigenvalue weighted by Crippen LogP contribution is 2.34. The van der Waals surface area contributed by atoms with E-state index in [0.717, 1.165) is 30.3 Å². The Labute approximate surface area is 109 Å². The van der Waals surface area contributed by atoms with Crippen LogP contribution in [-0.2, 0) is 5.41 Å². The lowest BCUT2D eigenvalue weighted by molar-refractivity contribution is 0.333. The summed E-state index contributed by atoms with van der Waals surface area (Å²) < 4.78 is 0. The maximum absolute atomic E-state index is 11.8. The third-order valence-electron chi connectivity index (χ3n) is 3.85. The van der Waals surface area contributed by atoms with E-state index in [-0.39, 0.29) is 11.0 Å². The molecule has 0 bridgehead atoms. The van der Waals surface area contributed by atoms with Crippen LogP contribution >= 0.6 is 0 Å². The maximum Gasteiger partial charge on any atom is 0.251 e. The van der Waals surface area contributed by atoms with E-state index in [2.05, 4.69) is 32.7 Å². The summed E-state index contributed by atoms with van der Waals surface area (Å²) in [5.74, 6) is 2.08. The minimum absolute atomic E-state index is 0.0110. The van der Waals surface area contributed by atoms with E-state index in [1.54, 1.807) is 6.07 Å². The van der Waals surface area contributed by atoms with Gasteiger partial charge in [0.15, 0.2) is 0 Å². The van der Waals surface area contributed by atoms with E-state index in [1.165, 1.54) is 12.8 Å². The van der Waals surface area contributed by atoms with Gasteiger partial charge in [0.2, 0.25) is 0 Å². The number of aromatic amines is 1. The highest BCUT2D eigenvalue weighted by Gasteiger charge is 2.24. The first-order chi connectivity index (χ1) is 8.36. The predicted molar refractivity (Wildman–Crippen MR) is 73.9 cm³/mol. The summed E-state index contributed by atoms with van der Waals surface area (Å²) in [6, 6.07) is 1.63. The Morgan fingerprint density at radius 1 is 1.33 bits per heavy atom. The van der Waals surface area contributed by atoms with Gasteiger partial charge in [-0.05, 0) is 18.8 Å². The van der Waals surface area contributed by atoms with Crippen molar-refractivity contribution < 1.29 is 0 Å². The molecule has 0 aromatic carbocycles. The smallest absolute Gasteiger partial charge is 0.251 e. The Morgan fingerprint density at radius 2 is 2.06 bits per heavy atom. The van der Waals surface area contributed by atoms with Gasteiger partial charge in [0.1, 0.15) is 5.82 Å². The molecule has 1 aliphatic carbocycles. The minimum atomic E-state index is -0.0662. The SMILES string of the molecule is CC1CCCC(c2nc(C(C)(C)C)cc(=O)[nH]2)C1. The van der Waals surface area contributed by atoms with Gasteiger partial charge in [-0.15, -0.1) is 0 Å². The largest absolute Gasteiger partial charge is 0.310 e. The quantitative estimate of drug-likeness (QED) is 0.828. The van der Waals surface area contributed by atoms with E-state index in [0.29, 0.717) is 5.92 Å². The van der Waals surface area contributed by atoms with Crippen molar-refractivity contribution >= 4 is 0 Å². The summed E-state index contributed by atoms with van der Waals surface area (Å²) in [4.78, 5) is 19.4. The Morgan fingerprint density at radius 3 is 2.67 bits per heavy atom. The second-order valence-corrected chi connectivity index (χ2v) is 6.73. The Bertz CT molecular complexity index is 470. The van der Waals surface area contributed by atoms with Gasteiger partial charge in [-0.2, -0.15) is 0 Å². The highest BCUT2D eigenvalue weighted by atomic mass is 16.1.